The zero-order chi connectivity index (χ0) is 15.5. The van der Waals surface area contributed by atoms with Crippen molar-refractivity contribution >= 4 is 5.84 Å². The van der Waals surface area contributed by atoms with E-state index in [4.69, 9.17) is 16.3 Å². The molecule has 1 spiro atoms. The molecule has 2 aliphatic rings. The SMILES string of the molecule is N#CC1=C(C(C#N)C#N)N=C(N)C(C#N)C12CCCCC2. The Morgan fingerprint density at radius 2 is 1.71 bits per heavy atom. The van der Waals surface area contributed by atoms with Crippen molar-refractivity contribution in [3.05, 3.63) is 11.3 Å². The van der Waals surface area contributed by atoms with Gasteiger partial charge in [-0.2, -0.15) is 21.0 Å². The summed E-state index contributed by atoms with van der Waals surface area (Å²) in [6, 6.07) is 7.97. The molecule has 6 heteroatoms. The first-order valence-electron chi connectivity index (χ1n) is 6.82. The summed E-state index contributed by atoms with van der Waals surface area (Å²) in [5.41, 5.74) is 5.66. The van der Waals surface area contributed by atoms with Crippen LogP contribution in [-0.4, -0.2) is 5.84 Å². The van der Waals surface area contributed by atoms with Crippen LogP contribution in [0.15, 0.2) is 16.3 Å². The molecular formula is C15H14N6. The Balaban J connectivity index is 2.69. The predicted molar refractivity (Wildman–Crippen MR) is 73.6 cm³/mol. The molecule has 2 N–H and O–H groups in total. The summed E-state index contributed by atoms with van der Waals surface area (Å²) in [5.74, 6) is -1.67. The lowest BCUT2D eigenvalue weighted by molar-refractivity contribution is 0.212. The Kier molecular flexibility index (Phi) is 3.93. The number of allylic oxidation sites excluding steroid dienone is 2. The quantitative estimate of drug-likeness (QED) is 0.781. The summed E-state index contributed by atoms with van der Waals surface area (Å²) >= 11 is 0. The first-order valence-corrected chi connectivity index (χ1v) is 6.82. The average molecular weight is 278 g/mol. The number of nitrogens with zero attached hydrogens (tertiary/aromatic N) is 5. The summed E-state index contributed by atoms with van der Waals surface area (Å²) in [6.45, 7) is 0. The molecular weight excluding hydrogens is 264 g/mol. The molecule has 1 fully saturated rings. The minimum absolute atomic E-state index is 0.115. The Morgan fingerprint density at radius 1 is 1.10 bits per heavy atom. The Bertz CT molecular complexity index is 653. The average Bonchev–Trinajstić information content (AvgIpc) is 2.50. The fourth-order valence-corrected chi connectivity index (χ4v) is 3.38. The normalized spacial score (nSPS) is 23.7. The fourth-order valence-electron chi connectivity index (χ4n) is 3.38. The predicted octanol–water partition coefficient (Wildman–Crippen LogP) is 1.89. The maximum atomic E-state index is 9.57. The molecule has 0 saturated heterocycles. The topological polar surface area (TPSA) is 134 Å². The standard InChI is InChI=1S/C15H14N6/c16-6-10(7-17)13-11(8-18)15(4-2-1-3-5-15)12(9-19)14(20)21-13/h10,12H,1-5H2,(H2,20,21). The third kappa shape index (κ3) is 2.12. The van der Waals surface area contributed by atoms with E-state index in [1.807, 2.05) is 12.1 Å². The van der Waals surface area contributed by atoms with Crippen molar-refractivity contribution in [1.29, 1.82) is 21.0 Å². The van der Waals surface area contributed by atoms with Crippen LogP contribution in [-0.2, 0) is 0 Å². The van der Waals surface area contributed by atoms with Crippen molar-refractivity contribution in [2.45, 2.75) is 32.1 Å². The van der Waals surface area contributed by atoms with Gasteiger partial charge in [0.15, 0.2) is 5.92 Å². The molecule has 21 heavy (non-hydrogen) atoms. The monoisotopic (exact) mass is 278 g/mol. The number of rotatable bonds is 1. The van der Waals surface area contributed by atoms with Gasteiger partial charge in [0.05, 0.1) is 35.5 Å². The van der Waals surface area contributed by atoms with Crippen LogP contribution in [0.25, 0.3) is 0 Å². The first-order chi connectivity index (χ1) is 10.1. The van der Waals surface area contributed by atoms with Gasteiger partial charge in [-0.25, -0.2) is 4.99 Å². The number of hydrogen-bond donors (Lipinski definition) is 1. The number of amidine groups is 1. The lowest BCUT2D eigenvalue weighted by Crippen LogP contribution is -2.45. The second-order valence-electron chi connectivity index (χ2n) is 5.38. The number of hydrogen-bond acceptors (Lipinski definition) is 6. The molecule has 0 aromatic heterocycles. The largest absolute Gasteiger partial charge is 0.386 e. The Morgan fingerprint density at radius 3 is 2.19 bits per heavy atom. The summed E-state index contributed by atoms with van der Waals surface area (Å²) in [6.07, 6.45) is 4.17. The molecule has 0 aromatic carbocycles. The molecule has 1 saturated carbocycles. The van der Waals surface area contributed by atoms with Gasteiger partial charge < -0.3 is 5.73 Å². The molecule has 1 unspecified atom stereocenters. The zero-order valence-electron chi connectivity index (χ0n) is 11.5. The van der Waals surface area contributed by atoms with Crippen LogP contribution < -0.4 is 5.73 Å². The van der Waals surface area contributed by atoms with Crippen molar-refractivity contribution < 1.29 is 0 Å². The van der Waals surface area contributed by atoms with Crippen LogP contribution in [0.3, 0.4) is 0 Å². The third-order valence-corrected chi connectivity index (χ3v) is 4.37. The second kappa shape index (κ2) is 5.66. The van der Waals surface area contributed by atoms with E-state index in [0.29, 0.717) is 18.4 Å². The van der Waals surface area contributed by atoms with Crippen molar-refractivity contribution in [2.75, 3.05) is 0 Å². The third-order valence-electron chi connectivity index (χ3n) is 4.37. The van der Waals surface area contributed by atoms with Crippen LogP contribution in [0.1, 0.15) is 32.1 Å². The summed E-state index contributed by atoms with van der Waals surface area (Å²) in [5, 5.41) is 37.2. The highest BCUT2D eigenvalue weighted by Gasteiger charge is 2.49. The van der Waals surface area contributed by atoms with Crippen molar-refractivity contribution in [2.24, 2.45) is 28.0 Å². The molecule has 1 heterocycles. The van der Waals surface area contributed by atoms with E-state index in [2.05, 4.69) is 17.1 Å². The highest BCUT2D eigenvalue weighted by atomic mass is 14.9. The molecule has 0 bridgehead atoms. The Labute approximate surface area is 123 Å². The van der Waals surface area contributed by atoms with Crippen LogP contribution >= 0.6 is 0 Å². The van der Waals surface area contributed by atoms with Gasteiger partial charge in [0.25, 0.3) is 0 Å². The van der Waals surface area contributed by atoms with Gasteiger partial charge in [0.1, 0.15) is 11.8 Å². The lowest BCUT2D eigenvalue weighted by Gasteiger charge is -2.42. The number of nitriles is 4. The van der Waals surface area contributed by atoms with Crippen molar-refractivity contribution in [1.82, 2.24) is 0 Å². The summed E-state index contributed by atoms with van der Waals surface area (Å²) in [7, 11) is 0. The molecule has 0 amide bonds. The van der Waals surface area contributed by atoms with Crippen molar-refractivity contribution in [3.63, 3.8) is 0 Å². The van der Waals surface area contributed by atoms with E-state index >= 15 is 0 Å². The molecule has 2 rings (SSSR count). The second-order valence-corrected chi connectivity index (χ2v) is 5.38. The Hall–Kier alpha value is -2.83. The van der Waals surface area contributed by atoms with E-state index < -0.39 is 17.3 Å². The van der Waals surface area contributed by atoms with Crippen LogP contribution in [0.2, 0.25) is 0 Å². The molecule has 1 aliphatic heterocycles. The fraction of sp³-hybridized carbons (Fsp3) is 0.533. The van der Waals surface area contributed by atoms with Gasteiger partial charge in [-0.05, 0) is 12.8 Å². The lowest BCUT2D eigenvalue weighted by atomic mass is 9.60. The van der Waals surface area contributed by atoms with Crippen molar-refractivity contribution in [3.8, 4) is 24.3 Å². The highest BCUT2D eigenvalue weighted by molar-refractivity contribution is 5.89. The maximum absolute atomic E-state index is 9.57. The van der Waals surface area contributed by atoms with Crippen LogP contribution in [0.4, 0.5) is 0 Å². The summed E-state index contributed by atoms with van der Waals surface area (Å²) < 4.78 is 0. The van der Waals surface area contributed by atoms with Gasteiger partial charge in [-0.1, -0.05) is 19.3 Å². The van der Waals surface area contributed by atoms with Gasteiger partial charge in [-0.15, -0.1) is 0 Å². The molecule has 104 valence electrons. The molecule has 0 radical (unpaired) electrons. The zero-order valence-corrected chi connectivity index (χ0v) is 11.5. The molecule has 0 aromatic rings. The number of aliphatic imine (C=N–C) groups is 1. The van der Waals surface area contributed by atoms with Crippen LogP contribution in [0.5, 0.6) is 0 Å². The maximum Gasteiger partial charge on any atom is 0.176 e. The number of nitrogens with two attached hydrogens (primary N) is 1. The van der Waals surface area contributed by atoms with E-state index in [9.17, 15) is 10.5 Å². The minimum atomic E-state index is -1.13. The van der Waals surface area contributed by atoms with Gasteiger partial charge >= 0.3 is 0 Å². The smallest absolute Gasteiger partial charge is 0.176 e. The van der Waals surface area contributed by atoms with E-state index in [1.165, 1.54) is 0 Å². The van der Waals surface area contributed by atoms with E-state index in [1.54, 1.807) is 0 Å². The van der Waals surface area contributed by atoms with Gasteiger partial charge in [0, 0.05) is 5.41 Å². The molecule has 6 nitrogen and oxygen atoms in total. The van der Waals surface area contributed by atoms with E-state index in [-0.39, 0.29) is 11.5 Å². The minimum Gasteiger partial charge on any atom is -0.386 e. The highest BCUT2D eigenvalue weighted by Crippen LogP contribution is 2.51. The van der Waals surface area contributed by atoms with Gasteiger partial charge in [0.2, 0.25) is 0 Å². The van der Waals surface area contributed by atoms with E-state index in [0.717, 1.165) is 19.3 Å². The first kappa shape index (κ1) is 14.6. The molecule has 1 aliphatic carbocycles. The summed E-state index contributed by atoms with van der Waals surface area (Å²) in [4.78, 5) is 4.06. The van der Waals surface area contributed by atoms with Gasteiger partial charge in [-0.3, -0.25) is 0 Å². The van der Waals surface area contributed by atoms with Crippen LogP contribution in [0, 0.1) is 62.6 Å². The molecule has 1 atom stereocenters.